The van der Waals surface area contributed by atoms with Crippen LogP contribution in [0.4, 0.5) is 0 Å². The van der Waals surface area contributed by atoms with E-state index in [2.05, 4.69) is 22.9 Å². The molecule has 0 radical (unpaired) electrons. The summed E-state index contributed by atoms with van der Waals surface area (Å²) in [5.74, 6) is 0.283. The number of rotatable bonds is 6. The molecule has 0 bridgehead atoms. The second-order valence-electron chi connectivity index (χ2n) is 6.97. The predicted molar refractivity (Wildman–Crippen MR) is 92.1 cm³/mol. The SMILES string of the molecule is CC(C)CC(=O)NC(C(=O)NC1CCNC(C)C1)C(C)C.Cl. The van der Waals surface area contributed by atoms with Crippen molar-refractivity contribution >= 4 is 24.2 Å². The number of carbonyl (C=O) groups excluding carboxylic acids is 2. The molecule has 0 aromatic rings. The average Bonchev–Trinajstić information content (AvgIpc) is 2.34. The fraction of sp³-hybridized carbons (Fsp3) is 0.875. The van der Waals surface area contributed by atoms with Crippen LogP contribution in [0.1, 0.15) is 53.9 Å². The van der Waals surface area contributed by atoms with Crippen molar-refractivity contribution in [3.8, 4) is 0 Å². The average molecular weight is 334 g/mol. The minimum Gasteiger partial charge on any atom is -0.351 e. The van der Waals surface area contributed by atoms with Crippen LogP contribution >= 0.6 is 12.4 Å². The zero-order valence-electron chi connectivity index (χ0n) is 14.4. The Morgan fingerprint density at radius 1 is 1.23 bits per heavy atom. The highest BCUT2D eigenvalue weighted by Crippen LogP contribution is 2.10. The Kier molecular flexibility index (Phi) is 9.69. The Hall–Kier alpha value is -0.810. The van der Waals surface area contributed by atoms with E-state index in [1.54, 1.807) is 0 Å². The van der Waals surface area contributed by atoms with Gasteiger partial charge in [0, 0.05) is 18.5 Å². The molecule has 2 amide bonds. The number of hydrogen-bond acceptors (Lipinski definition) is 3. The number of piperidine rings is 1. The van der Waals surface area contributed by atoms with Gasteiger partial charge in [-0.15, -0.1) is 12.4 Å². The van der Waals surface area contributed by atoms with Gasteiger partial charge >= 0.3 is 0 Å². The van der Waals surface area contributed by atoms with Gasteiger partial charge in [-0.3, -0.25) is 9.59 Å². The Morgan fingerprint density at radius 2 is 1.86 bits per heavy atom. The van der Waals surface area contributed by atoms with Crippen molar-refractivity contribution in [3.05, 3.63) is 0 Å². The van der Waals surface area contributed by atoms with E-state index < -0.39 is 6.04 Å². The molecule has 5 nitrogen and oxygen atoms in total. The summed E-state index contributed by atoms with van der Waals surface area (Å²) >= 11 is 0. The largest absolute Gasteiger partial charge is 0.351 e. The lowest BCUT2D eigenvalue weighted by Gasteiger charge is -2.31. The lowest BCUT2D eigenvalue weighted by atomic mass is 9.98. The molecular formula is C16H32ClN3O2. The number of carbonyl (C=O) groups is 2. The first-order valence-corrected chi connectivity index (χ1v) is 8.12. The fourth-order valence-electron chi connectivity index (χ4n) is 2.69. The molecule has 3 atom stereocenters. The Morgan fingerprint density at radius 3 is 2.36 bits per heavy atom. The third-order valence-corrected chi connectivity index (χ3v) is 3.83. The highest BCUT2D eigenvalue weighted by atomic mass is 35.5. The van der Waals surface area contributed by atoms with E-state index in [9.17, 15) is 9.59 Å². The van der Waals surface area contributed by atoms with Crippen LogP contribution in [0.5, 0.6) is 0 Å². The van der Waals surface area contributed by atoms with Crippen LogP contribution in [0.25, 0.3) is 0 Å². The molecule has 6 heteroatoms. The minimum atomic E-state index is -0.443. The van der Waals surface area contributed by atoms with Crippen LogP contribution in [-0.2, 0) is 9.59 Å². The zero-order chi connectivity index (χ0) is 16.0. The van der Waals surface area contributed by atoms with Gasteiger partial charge in [0.1, 0.15) is 6.04 Å². The van der Waals surface area contributed by atoms with Crippen molar-refractivity contribution < 1.29 is 9.59 Å². The maximum Gasteiger partial charge on any atom is 0.243 e. The summed E-state index contributed by atoms with van der Waals surface area (Å²) in [5, 5.41) is 9.35. The number of nitrogens with one attached hydrogen (secondary N) is 3. The number of amides is 2. The van der Waals surface area contributed by atoms with Gasteiger partial charge < -0.3 is 16.0 Å². The molecule has 0 aromatic carbocycles. The molecule has 1 aliphatic heterocycles. The lowest BCUT2D eigenvalue weighted by molar-refractivity contribution is -0.131. The third-order valence-electron chi connectivity index (χ3n) is 3.83. The van der Waals surface area contributed by atoms with E-state index in [4.69, 9.17) is 0 Å². The maximum atomic E-state index is 12.4. The van der Waals surface area contributed by atoms with Crippen molar-refractivity contribution in [1.29, 1.82) is 0 Å². The summed E-state index contributed by atoms with van der Waals surface area (Å²) in [6.07, 6.45) is 2.35. The van der Waals surface area contributed by atoms with Gasteiger partial charge in [0.05, 0.1) is 0 Å². The van der Waals surface area contributed by atoms with Crippen LogP contribution in [0.15, 0.2) is 0 Å². The molecule has 1 heterocycles. The molecular weight excluding hydrogens is 302 g/mol. The second kappa shape index (κ2) is 10.1. The molecule has 0 spiro atoms. The van der Waals surface area contributed by atoms with Gasteiger partial charge in [-0.2, -0.15) is 0 Å². The molecule has 3 N–H and O–H groups in total. The van der Waals surface area contributed by atoms with Gasteiger partial charge in [-0.1, -0.05) is 27.7 Å². The summed E-state index contributed by atoms with van der Waals surface area (Å²) in [5.41, 5.74) is 0. The summed E-state index contributed by atoms with van der Waals surface area (Å²) < 4.78 is 0. The van der Waals surface area contributed by atoms with E-state index in [0.29, 0.717) is 18.4 Å². The van der Waals surface area contributed by atoms with Crippen molar-refractivity contribution in [2.45, 2.75) is 72.0 Å². The molecule has 130 valence electrons. The van der Waals surface area contributed by atoms with Gasteiger partial charge in [0.25, 0.3) is 0 Å². The van der Waals surface area contributed by atoms with Gasteiger partial charge in [-0.05, 0) is 38.1 Å². The smallest absolute Gasteiger partial charge is 0.243 e. The monoisotopic (exact) mass is 333 g/mol. The van der Waals surface area contributed by atoms with Crippen molar-refractivity contribution in [3.63, 3.8) is 0 Å². The first-order chi connectivity index (χ1) is 9.79. The van der Waals surface area contributed by atoms with Crippen LogP contribution in [0.2, 0.25) is 0 Å². The van der Waals surface area contributed by atoms with Crippen molar-refractivity contribution in [1.82, 2.24) is 16.0 Å². The first kappa shape index (κ1) is 21.2. The fourth-order valence-corrected chi connectivity index (χ4v) is 2.69. The summed E-state index contributed by atoms with van der Waals surface area (Å²) in [4.78, 5) is 24.4. The van der Waals surface area contributed by atoms with E-state index in [-0.39, 0.29) is 36.2 Å². The van der Waals surface area contributed by atoms with E-state index in [1.165, 1.54) is 0 Å². The molecule has 1 fully saturated rings. The minimum absolute atomic E-state index is 0. The molecule has 0 saturated carbocycles. The molecule has 0 aromatic heterocycles. The maximum absolute atomic E-state index is 12.4. The van der Waals surface area contributed by atoms with Crippen molar-refractivity contribution in [2.75, 3.05) is 6.54 Å². The first-order valence-electron chi connectivity index (χ1n) is 8.12. The van der Waals surface area contributed by atoms with Crippen molar-refractivity contribution in [2.24, 2.45) is 11.8 Å². The zero-order valence-corrected chi connectivity index (χ0v) is 15.3. The summed E-state index contributed by atoms with van der Waals surface area (Å²) in [7, 11) is 0. The molecule has 22 heavy (non-hydrogen) atoms. The molecule has 1 saturated heterocycles. The third kappa shape index (κ3) is 7.45. The number of hydrogen-bond donors (Lipinski definition) is 3. The molecule has 1 aliphatic rings. The quantitative estimate of drug-likeness (QED) is 0.694. The summed E-state index contributed by atoms with van der Waals surface area (Å²) in [6, 6.07) is 0.190. The molecule has 0 aliphatic carbocycles. The summed E-state index contributed by atoms with van der Waals surface area (Å²) in [6.45, 7) is 11.0. The topological polar surface area (TPSA) is 70.2 Å². The Balaban J connectivity index is 0.00000441. The molecule has 3 unspecified atom stereocenters. The number of halogens is 1. The normalized spacial score (nSPS) is 22.9. The van der Waals surface area contributed by atoms with Crippen LogP contribution in [-0.4, -0.2) is 36.5 Å². The standard InChI is InChI=1S/C16H31N3O2.ClH/c1-10(2)8-14(20)19-15(11(3)4)16(21)18-13-6-7-17-12(5)9-13;/h10-13,15,17H,6-9H2,1-5H3,(H,18,21)(H,19,20);1H. The van der Waals surface area contributed by atoms with Crippen LogP contribution in [0, 0.1) is 11.8 Å². The lowest BCUT2D eigenvalue weighted by Crippen LogP contribution is -2.54. The van der Waals surface area contributed by atoms with E-state index in [0.717, 1.165) is 19.4 Å². The molecule has 1 rings (SSSR count). The van der Waals surface area contributed by atoms with Gasteiger partial charge in [0.15, 0.2) is 0 Å². The van der Waals surface area contributed by atoms with Gasteiger partial charge in [-0.25, -0.2) is 0 Å². The highest BCUT2D eigenvalue weighted by Gasteiger charge is 2.27. The highest BCUT2D eigenvalue weighted by molar-refractivity contribution is 5.88. The van der Waals surface area contributed by atoms with Gasteiger partial charge in [0.2, 0.25) is 11.8 Å². The Labute approximate surface area is 140 Å². The van der Waals surface area contributed by atoms with Crippen LogP contribution < -0.4 is 16.0 Å². The predicted octanol–water partition coefficient (Wildman–Crippen LogP) is 1.85. The van der Waals surface area contributed by atoms with E-state index in [1.807, 2.05) is 27.7 Å². The Bertz CT molecular complexity index is 361. The van der Waals surface area contributed by atoms with E-state index >= 15 is 0 Å². The second-order valence-corrected chi connectivity index (χ2v) is 6.97. The van der Waals surface area contributed by atoms with Crippen LogP contribution in [0.3, 0.4) is 0 Å².